The predicted molar refractivity (Wildman–Crippen MR) is 51.1 cm³/mol. The summed E-state index contributed by atoms with van der Waals surface area (Å²) in [6.45, 7) is 3.88. The van der Waals surface area contributed by atoms with Crippen molar-refractivity contribution < 1.29 is 0 Å². The zero-order chi connectivity index (χ0) is 9.14. The summed E-state index contributed by atoms with van der Waals surface area (Å²) in [7, 11) is 5.45. The molecule has 0 bridgehead atoms. The van der Waals surface area contributed by atoms with Crippen molar-refractivity contribution in [1.82, 2.24) is 9.89 Å². The molecule has 5 heteroatoms. The van der Waals surface area contributed by atoms with Crippen molar-refractivity contribution in [3.05, 3.63) is 12.5 Å². The molecular formula is C7H14N5. The Morgan fingerprint density at radius 3 is 2.25 bits per heavy atom. The van der Waals surface area contributed by atoms with Crippen LogP contribution in [-0.2, 0) is 0 Å². The van der Waals surface area contributed by atoms with Gasteiger partial charge in [0.1, 0.15) is 0 Å². The van der Waals surface area contributed by atoms with Crippen LogP contribution in [-0.4, -0.2) is 31.0 Å². The second kappa shape index (κ2) is 3.34. The molecular weight excluding hydrogens is 154 g/mol. The maximum atomic E-state index is 4.19. The monoisotopic (exact) mass is 168 g/mol. The van der Waals surface area contributed by atoms with Crippen LogP contribution >= 0.6 is 0 Å². The highest BCUT2D eigenvalue weighted by Crippen LogP contribution is 2.20. The molecule has 5 nitrogen and oxygen atoms in total. The Balaban J connectivity index is 3.13. The van der Waals surface area contributed by atoms with E-state index >= 15 is 0 Å². The first-order chi connectivity index (χ1) is 5.74. The molecule has 0 saturated carbocycles. The van der Waals surface area contributed by atoms with Crippen LogP contribution in [0.4, 0.5) is 11.6 Å². The predicted octanol–water partition coefficient (Wildman–Crippen LogP) is 0.322. The summed E-state index contributed by atoms with van der Waals surface area (Å²) >= 11 is 0. The highest BCUT2D eigenvalue weighted by Gasteiger charge is 2.10. The Labute approximate surface area is 72.1 Å². The fourth-order valence-corrected chi connectivity index (χ4v) is 1.07. The summed E-state index contributed by atoms with van der Waals surface area (Å²) in [4.78, 5) is 1.63. The summed E-state index contributed by atoms with van der Waals surface area (Å²) in [5.74, 6) is 1.63. The van der Waals surface area contributed by atoms with Crippen LogP contribution in [0.5, 0.6) is 0 Å². The third-order valence-electron chi connectivity index (χ3n) is 1.67. The molecule has 0 aliphatic rings. The number of hydrogen-bond acceptors (Lipinski definition) is 4. The molecule has 67 valence electrons. The van der Waals surface area contributed by atoms with Crippen LogP contribution in [0, 0.1) is 6.92 Å². The second-order valence-electron chi connectivity index (χ2n) is 2.31. The maximum Gasteiger partial charge on any atom is 0.155 e. The summed E-state index contributed by atoms with van der Waals surface area (Å²) in [6, 6.07) is 0. The van der Waals surface area contributed by atoms with Crippen LogP contribution in [0.15, 0.2) is 0 Å². The number of nitrogens with zero attached hydrogens (tertiary/aromatic N) is 2. The van der Waals surface area contributed by atoms with Crippen molar-refractivity contribution in [2.45, 2.75) is 0 Å². The second-order valence-corrected chi connectivity index (χ2v) is 2.31. The van der Waals surface area contributed by atoms with Crippen molar-refractivity contribution in [2.24, 2.45) is 0 Å². The van der Waals surface area contributed by atoms with Gasteiger partial charge in [0.25, 0.3) is 0 Å². The van der Waals surface area contributed by atoms with E-state index in [2.05, 4.69) is 28.1 Å². The Morgan fingerprint density at radius 2 is 1.92 bits per heavy atom. The van der Waals surface area contributed by atoms with E-state index in [1.807, 2.05) is 14.1 Å². The van der Waals surface area contributed by atoms with E-state index in [0.717, 1.165) is 17.2 Å². The molecule has 1 heterocycles. The highest BCUT2D eigenvalue weighted by molar-refractivity contribution is 5.60. The number of anilines is 2. The lowest BCUT2D eigenvalue weighted by molar-refractivity contribution is 0.791. The molecule has 3 N–H and O–H groups in total. The Hall–Kier alpha value is -1.39. The molecule has 0 unspecified atom stereocenters. The van der Waals surface area contributed by atoms with E-state index in [9.17, 15) is 0 Å². The van der Waals surface area contributed by atoms with Crippen LogP contribution < -0.4 is 16.1 Å². The molecule has 0 saturated heterocycles. The highest BCUT2D eigenvalue weighted by atomic mass is 15.6. The van der Waals surface area contributed by atoms with Crippen molar-refractivity contribution in [1.29, 1.82) is 0 Å². The molecule has 0 fully saturated rings. The van der Waals surface area contributed by atoms with Gasteiger partial charge in [-0.2, -0.15) is 4.79 Å². The average Bonchev–Trinajstić information content (AvgIpc) is 2.41. The van der Waals surface area contributed by atoms with Crippen LogP contribution in [0.1, 0.15) is 5.56 Å². The minimum Gasteiger partial charge on any atom is -0.371 e. The van der Waals surface area contributed by atoms with Gasteiger partial charge in [0, 0.05) is 26.7 Å². The molecule has 0 aliphatic heterocycles. The van der Waals surface area contributed by atoms with Gasteiger partial charge in [-0.05, 0) is 6.92 Å². The normalized spacial score (nSPS) is 9.67. The number of hydrogen-bond donors (Lipinski definition) is 3. The molecule has 1 radical (unpaired) electrons. The average molecular weight is 168 g/mol. The van der Waals surface area contributed by atoms with Gasteiger partial charge in [0.15, 0.2) is 11.6 Å². The zero-order valence-electron chi connectivity index (χ0n) is 7.60. The van der Waals surface area contributed by atoms with Gasteiger partial charge >= 0.3 is 0 Å². The van der Waals surface area contributed by atoms with Gasteiger partial charge in [-0.15, -0.1) is 5.10 Å². The minimum absolute atomic E-state index is 0.772. The van der Waals surface area contributed by atoms with E-state index < -0.39 is 0 Å². The Bertz CT molecular complexity index is 265. The van der Waals surface area contributed by atoms with Gasteiger partial charge < -0.3 is 16.1 Å². The van der Waals surface area contributed by atoms with E-state index in [4.69, 9.17) is 0 Å². The lowest BCUT2D eigenvalue weighted by Crippen LogP contribution is -2.13. The first kappa shape index (κ1) is 8.70. The number of rotatable bonds is 3. The molecule has 0 atom stereocenters. The molecule has 1 aromatic heterocycles. The summed E-state index contributed by atoms with van der Waals surface area (Å²) in [6.07, 6.45) is 0. The van der Waals surface area contributed by atoms with E-state index in [1.54, 1.807) is 11.8 Å². The fraction of sp³-hybridized carbons (Fsp3) is 0.429. The fourth-order valence-electron chi connectivity index (χ4n) is 1.07. The molecule has 0 amide bonds. The maximum absolute atomic E-state index is 4.19. The van der Waals surface area contributed by atoms with Crippen LogP contribution in [0.25, 0.3) is 0 Å². The van der Waals surface area contributed by atoms with Crippen molar-refractivity contribution >= 4 is 11.6 Å². The Morgan fingerprint density at radius 1 is 1.25 bits per heavy atom. The van der Waals surface area contributed by atoms with Gasteiger partial charge in [-0.25, -0.2) is 0 Å². The minimum atomic E-state index is 0.772. The topological polar surface area (TPSA) is 53.9 Å². The van der Waals surface area contributed by atoms with Gasteiger partial charge in [0.2, 0.25) is 0 Å². The zero-order valence-corrected chi connectivity index (χ0v) is 7.60. The summed E-state index contributed by atoms with van der Waals surface area (Å²) in [5.41, 5.74) is 3.76. The summed E-state index contributed by atoms with van der Waals surface area (Å²) in [5, 5.41) is 10.1. The molecule has 12 heavy (non-hydrogen) atoms. The molecule has 0 aliphatic carbocycles. The lowest BCUT2D eigenvalue weighted by atomic mass is 10.3. The molecule has 1 aromatic rings. The summed E-state index contributed by atoms with van der Waals surface area (Å²) < 4.78 is 0. The molecule has 0 spiro atoms. The van der Waals surface area contributed by atoms with Crippen molar-refractivity contribution in [2.75, 3.05) is 37.2 Å². The van der Waals surface area contributed by atoms with E-state index in [1.165, 1.54) is 0 Å². The Kier molecular flexibility index (Phi) is 2.42. The first-order valence-corrected chi connectivity index (χ1v) is 3.72. The van der Waals surface area contributed by atoms with Crippen molar-refractivity contribution in [3.8, 4) is 0 Å². The standard InChI is InChI=1S/C7H14N5/c1-5-6(8-2)11-12(10-4)7(5)9-3/h9-10H,1H2,2-4H3,(H,8,11). The van der Waals surface area contributed by atoms with Crippen molar-refractivity contribution in [3.63, 3.8) is 0 Å². The SMILES string of the molecule is [CH2]c1c(NC)nn(NC)c1NC. The largest absolute Gasteiger partial charge is 0.371 e. The lowest BCUT2D eigenvalue weighted by Gasteiger charge is -2.04. The van der Waals surface area contributed by atoms with Gasteiger partial charge in [-0.1, -0.05) is 0 Å². The van der Waals surface area contributed by atoms with Gasteiger partial charge in [-0.3, -0.25) is 0 Å². The smallest absolute Gasteiger partial charge is 0.155 e. The van der Waals surface area contributed by atoms with E-state index in [-0.39, 0.29) is 0 Å². The molecule has 0 aromatic carbocycles. The van der Waals surface area contributed by atoms with Crippen LogP contribution in [0.3, 0.4) is 0 Å². The third-order valence-corrected chi connectivity index (χ3v) is 1.67. The number of aromatic nitrogens is 2. The van der Waals surface area contributed by atoms with Crippen LogP contribution in [0.2, 0.25) is 0 Å². The third kappa shape index (κ3) is 1.17. The van der Waals surface area contributed by atoms with E-state index in [0.29, 0.717) is 0 Å². The number of nitrogens with one attached hydrogen (secondary N) is 3. The quantitative estimate of drug-likeness (QED) is 0.608. The first-order valence-electron chi connectivity index (χ1n) is 3.72. The van der Waals surface area contributed by atoms with Gasteiger partial charge in [0.05, 0.1) is 0 Å². The molecule has 1 rings (SSSR count).